The van der Waals surface area contributed by atoms with E-state index in [1.54, 1.807) is 5.51 Å². The van der Waals surface area contributed by atoms with E-state index in [-0.39, 0.29) is 16.7 Å². The summed E-state index contributed by atoms with van der Waals surface area (Å²) in [5, 5.41) is 10.1. The summed E-state index contributed by atoms with van der Waals surface area (Å²) in [7, 11) is 0. The van der Waals surface area contributed by atoms with E-state index in [0.29, 0.717) is 15.0 Å². The van der Waals surface area contributed by atoms with Gasteiger partial charge in [-0.05, 0) is 45.4 Å². The van der Waals surface area contributed by atoms with Crippen LogP contribution in [0.15, 0.2) is 39.3 Å². The molecule has 0 bridgehead atoms. The zero-order valence-electron chi connectivity index (χ0n) is 9.19. The SMILES string of the molecule is OC(c1ccc(SC(F)(F)F)cc1)c1scnc1Br. The molecule has 0 amide bonds. The van der Waals surface area contributed by atoms with Gasteiger partial charge in [0.15, 0.2) is 0 Å². The Morgan fingerprint density at radius 2 is 1.89 bits per heavy atom. The maximum absolute atomic E-state index is 12.2. The zero-order valence-corrected chi connectivity index (χ0v) is 12.4. The second kappa shape index (κ2) is 5.82. The van der Waals surface area contributed by atoms with Crippen LogP contribution in [0.5, 0.6) is 0 Å². The van der Waals surface area contributed by atoms with E-state index in [1.807, 2.05) is 0 Å². The quantitative estimate of drug-likeness (QED) is 0.802. The number of thioether (sulfide) groups is 1. The number of alkyl halides is 3. The fourth-order valence-electron chi connectivity index (χ4n) is 1.42. The van der Waals surface area contributed by atoms with E-state index in [9.17, 15) is 18.3 Å². The summed E-state index contributed by atoms with van der Waals surface area (Å²) >= 11 is 4.30. The first-order valence-corrected chi connectivity index (χ1v) is 7.48. The molecular weight excluding hydrogens is 363 g/mol. The van der Waals surface area contributed by atoms with Crippen molar-refractivity contribution in [2.75, 3.05) is 0 Å². The van der Waals surface area contributed by atoms with Crippen molar-refractivity contribution in [1.29, 1.82) is 0 Å². The molecule has 0 radical (unpaired) electrons. The number of halogens is 4. The molecule has 8 heteroatoms. The molecule has 0 saturated heterocycles. The van der Waals surface area contributed by atoms with Crippen LogP contribution in [0, 0.1) is 0 Å². The minimum atomic E-state index is -4.30. The molecule has 1 atom stereocenters. The molecule has 0 aliphatic rings. The number of hydrogen-bond acceptors (Lipinski definition) is 4. The summed E-state index contributed by atoms with van der Waals surface area (Å²) in [5.74, 6) is 0. The first-order valence-electron chi connectivity index (χ1n) is 4.99. The van der Waals surface area contributed by atoms with Crippen LogP contribution in [0.3, 0.4) is 0 Å². The van der Waals surface area contributed by atoms with E-state index in [1.165, 1.54) is 35.6 Å². The Morgan fingerprint density at radius 3 is 2.37 bits per heavy atom. The normalized spacial score (nSPS) is 13.5. The maximum Gasteiger partial charge on any atom is 0.446 e. The second-order valence-corrected chi connectivity index (χ2v) is 6.30. The van der Waals surface area contributed by atoms with Gasteiger partial charge in [-0.1, -0.05) is 12.1 Å². The third-order valence-corrected chi connectivity index (χ3v) is 4.74. The Kier molecular flexibility index (Phi) is 4.54. The minimum Gasteiger partial charge on any atom is -0.383 e. The third-order valence-electron chi connectivity index (χ3n) is 2.23. The third kappa shape index (κ3) is 3.95. The number of benzene rings is 1. The molecule has 0 spiro atoms. The topological polar surface area (TPSA) is 33.1 Å². The van der Waals surface area contributed by atoms with Crippen molar-refractivity contribution >= 4 is 39.0 Å². The van der Waals surface area contributed by atoms with Gasteiger partial charge in [0.25, 0.3) is 0 Å². The van der Waals surface area contributed by atoms with Gasteiger partial charge in [0.1, 0.15) is 10.7 Å². The number of thiazole rings is 1. The number of aliphatic hydroxyl groups excluding tert-OH is 1. The zero-order chi connectivity index (χ0) is 14.0. The van der Waals surface area contributed by atoms with Gasteiger partial charge in [0.2, 0.25) is 0 Å². The Labute approximate surface area is 123 Å². The number of hydrogen-bond donors (Lipinski definition) is 1. The van der Waals surface area contributed by atoms with Gasteiger partial charge >= 0.3 is 5.51 Å². The lowest BCUT2D eigenvalue weighted by atomic mass is 10.1. The van der Waals surface area contributed by atoms with Crippen molar-refractivity contribution in [2.45, 2.75) is 16.5 Å². The van der Waals surface area contributed by atoms with Gasteiger partial charge in [-0.2, -0.15) is 13.2 Å². The number of rotatable bonds is 3. The largest absolute Gasteiger partial charge is 0.446 e. The first-order chi connectivity index (χ1) is 8.87. The fourth-order valence-corrected chi connectivity index (χ4v) is 3.38. The molecule has 2 rings (SSSR count). The van der Waals surface area contributed by atoms with Crippen LogP contribution in [0.1, 0.15) is 16.5 Å². The molecule has 102 valence electrons. The van der Waals surface area contributed by atoms with Gasteiger partial charge in [0.05, 0.1) is 10.4 Å². The number of aromatic nitrogens is 1. The van der Waals surface area contributed by atoms with Crippen LogP contribution < -0.4 is 0 Å². The maximum atomic E-state index is 12.2. The molecule has 1 heterocycles. The van der Waals surface area contributed by atoms with Gasteiger partial charge < -0.3 is 5.11 Å². The molecule has 19 heavy (non-hydrogen) atoms. The molecule has 1 unspecified atom stereocenters. The highest BCUT2D eigenvalue weighted by molar-refractivity contribution is 9.10. The summed E-state index contributed by atoms with van der Waals surface area (Å²) in [4.78, 5) is 4.66. The fraction of sp³-hybridized carbons (Fsp3) is 0.182. The molecule has 0 fully saturated rings. The van der Waals surface area contributed by atoms with Crippen LogP contribution in [0.25, 0.3) is 0 Å². The predicted octanol–water partition coefficient (Wildman–Crippen LogP) is 4.60. The first kappa shape index (κ1) is 14.8. The number of aliphatic hydroxyl groups is 1. The average Bonchev–Trinajstić information content (AvgIpc) is 2.73. The van der Waals surface area contributed by atoms with Gasteiger partial charge in [-0.25, -0.2) is 4.98 Å². The molecule has 2 aromatic rings. The second-order valence-electron chi connectivity index (χ2n) is 3.53. The van der Waals surface area contributed by atoms with Crippen LogP contribution in [0.2, 0.25) is 0 Å². The van der Waals surface area contributed by atoms with Gasteiger partial charge in [-0.15, -0.1) is 11.3 Å². The van der Waals surface area contributed by atoms with Crippen molar-refractivity contribution in [3.8, 4) is 0 Å². The van der Waals surface area contributed by atoms with E-state index in [4.69, 9.17) is 0 Å². The highest BCUT2D eigenvalue weighted by Gasteiger charge is 2.29. The molecular formula is C11H7BrF3NOS2. The van der Waals surface area contributed by atoms with Crippen molar-refractivity contribution in [3.05, 3.63) is 44.8 Å². The minimum absolute atomic E-state index is 0.0896. The lowest BCUT2D eigenvalue weighted by Crippen LogP contribution is -2.00. The van der Waals surface area contributed by atoms with Crippen LogP contribution >= 0.6 is 39.0 Å². The molecule has 0 saturated carbocycles. The van der Waals surface area contributed by atoms with Crippen LogP contribution in [-0.4, -0.2) is 15.6 Å². The lowest BCUT2D eigenvalue weighted by molar-refractivity contribution is -0.0328. The van der Waals surface area contributed by atoms with Crippen molar-refractivity contribution in [1.82, 2.24) is 4.98 Å². The smallest absolute Gasteiger partial charge is 0.383 e. The monoisotopic (exact) mass is 369 g/mol. The van der Waals surface area contributed by atoms with Gasteiger partial charge in [0, 0.05) is 4.90 Å². The van der Waals surface area contributed by atoms with Crippen LogP contribution in [-0.2, 0) is 0 Å². The van der Waals surface area contributed by atoms with Crippen LogP contribution in [0.4, 0.5) is 13.2 Å². The molecule has 1 aromatic carbocycles. The molecule has 0 aliphatic carbocycles. The average molecular weight is 370 g/mol. The molecule has 2 nitrogen and oxygen atoms in total. The predicted molar refractivity (Wildman–Crippen MR) is 72.2 cm³/mol. The molecule has 1 N–H and O–H groups in total. The van der Waals surface area contributed by atoms with E-state index in [2.05, 4.69) is 20.9 Å². The summed E-state index contributed by atoms with van der Waals surface area (Å²) < 4.78 is 37.1. The Balaban J connectivity index is 2.17. The standard InChI is InChI=1S/C11H7BrF3NOS2/c12-10-9(18-5-16-10)8(17)6-1-3-7(4-2-6)19-11(13,14)15/h1-5,8,17H. The summed E-state index contributed by atoms with van der Waals surface area (Å²) in [6.45, 7) is 0. The summed E-state index contributed by atoms with van der Waals surface area (Å²) in [5.41, 5.74) is -2.20. The Bertz CT molecular complexity index is 556. The van der Waals surface area contributed by atoms with Gasteiger partial charge in [-0.3, -0.25) is 0 Å². The Hall–Kier alpha value is -0.570. The lowest BCUT2D eigenvalue weighted by Gasteiger charge is -2.10. The highest BCUT2D eigenvalue weighted by atomic mass is 79.9. The van der Waals surface area contributed by atoms with Crippen molar-refractivity contribution < 1.29 is 18.3 Å². The molecule has 0 aliphatic heterocycles. The van der Waals surface area contributed by atoms with E-state index < -0.39 is 11.6 Å². The number of nitrogens with zero attached hydrogens (tertiary/aromatic N) is 1. The summed E-state index contributed by atoms with van der Waals surface area (Å²) in [6, 6.07) is 5.63. The van der Waals surface area contributed by atoms with Crippen molar-refractivity contribution in [2.24, 2.45) is 0 Å². The highest BCUT2D eigenvalue weighted by Crippen LogP contribution is 2.38. The Morgan fingerprint density at radius 1 is 1.26 bits per heavy atom. The molecule has 1 aromatic heterocycles. The summed E-state index contributed by atoms with van der Waals surface area (Å²) in [6.07, 6.45) is -0.896. The van der Waals surface area contributed by atoms with E-state index >= 15 is 0 Å². The van der Waals surface area contributed by atoms with Crippen molar-refractivity contribution in [3.63, 3.8) is 0 Å². The van der Waals surface area contributed by atoms with E-state index in [0.717, 1.165) is 0 Å².